The largest absolute Gasteiger partial charge is 0.444 e. The molecule has 2 aromatic rings. The van der Waals surface area contributed by atoms with Gasteiger partial charge in [-0.25, -0.2) is 14.8 Å². The van der Waals surface area contributed by atoms with Crippen molar-refractivity contribution >= 4 is 56.0 Å². The van der Waals surface area contributed by atoms with Crippen LogP contribution in [0, 0.1) is 0 Å². The van der Waals surface area contributed by atoms with Gasteiger partial charge in [-0.05, 0) is 42.8 Å². The van der Waals surface area contributed by atoms with Gasteiger partial charge in [0.2, 0.25) is 0 Å². The number of hydrogen-bond donors (Lipinski definition) is 1. The quantitative estimate of drug-likeness (QED) is 0.649. The van der Waals surface area contributed by atoms with Crippen molar-refractivity contribution in [1.29, 1.82) is 0 Å². The molecular weight excluding hydrogens is 456 g/mol. The van der Waals surface area contributed by atoms with Crippen LogP contribution >= 0.6 is 38.9 Å². The van der Waals surface area contributed by atoms with Crippen LogP contribution in [0.5, 0.6) is 0 Å². The molecule has 1 aliphatic rings. The number of carbonyl (C=O) groups excluding carboxylic acids is 2. The number of amides is 2. The van der Waals surface area contributed by atoms with Crippen LogP contribution in [-0.4, -0.2) is 39.0 Å². The molecule has 144 valence electrons. The van der Waals surface area contributed by atoms with Crippen molar-refractivity contribution in [2.24, 2.45) is 0 Å². The molecule has 0 saturated carbocycles. The molecule has 3 heterocycles. The number of aromatic nitrogens is 2. The van der Waals surface area contributed by atoms with E-state index in [1.807, 2.05) is 20.8 Å². The number of nitrogens with zero attached hydrogens (tertiary/aromatic N) is 3. The lowest BCUT2D eigenvalue weighted by Crippen LogP contribution is -2.39. The highest BCUT2D eigenvalue weighted by Gasteiger charge is 2.28. The van der Waals surface area contributed by atoms with Crippen LogP contribution in [0.1, 0.15) is 41.7 Å². The lowest BCUT2D eigenvalue weighted by atomic mass is 10.2. The predicted molar refractivity (Wildman–Crippen MR) is 107 cm³/mol. The standard InChI is InChI=1S/C17H18BrClN4O3S/c1-17(2,3)26-16(25)23-5-4-11-12(8-23)27-15(21-11)22-14(24)10-6-9(18)7-20-13(10)19/h6-7H,4-5,8H2,1-3H3,(H,21,22,24). The minimum Gasteiger partial charge on any atom is -0.444 e. The van der Waals surface area contributed by atoms with Gasteiger partial charge < -0.3 is 9.64 Å². The molecule has 0 unspecified atom stereocenters. The summed E-state index contributed by atoms with van der Waals surface area (Å²) in [4.78, 5) is 35.7. The van der Waals surface area contributed by atoms with Gasteiger partial charge in [-0.1, -0.05) is 22.9 Å². The highest BCUT2D eigenvalue weighted by atomic mass is 79.9. The lowest BCUT2D eigenvalue weighted by Gasteiger charge is -2.29. The maximum atomic E-state index is 12.5. The number of hydrogen-bond acceptors (Lipinski definition) is 6. The van der Waals surface area contributed by atoms with Gasteiger partial charge in [0.25, 0.3) is 5.91 Å². The zero-order chi connectivity index (χ0) is 19.8. The molecule has 0 aliphatic carbocycles. The summed E-state index contributed by atoms with van der Waals surface area (Å²) in [6, 6.07) is 1.60. The Labute approximate surface area is 174 Å². The van der Waals surface area contributed by atoms with Crippen molar-refractivity contribution in [3.63, 3.8) is 0 Å². The Bertz CT molecular complexity index is 897. The van der Waals surface area contributed by atoms with Crippen LogP contribution in [0.25, 0.3) is 0 Å². The maximum Gasteiger partial charge on any atom is 0.410 e. The third-order valence-corrected chi connectivity index (χ3v) is 5.39. The van der Waals surface area contributed by atoms with Gasteiger partial charge in [0.1, 0.15) is 10.8 Å². The molecule has 0 aromatic carbocycles. The Balaban J connectivity index is 1.70. The van der Waals surface area contributed by atoms with Gasteiger partial charge in [-0.3, -0.25) is 10.1 Å². The number of carbonyl (C=O) groups is 2. The molecule has 1 N–H and O–H groups in total. The molecule has 10 heteroatoms. The van der Waals surface area contributed by atoms with E-state index < -0.39 is 5.60 Å². The number of anilines is 1. The summed E-state index contributed by atoms with van der Waals surface area (Å²) in [7, 11) is 0. The van der Waals surface area contributed by atoms with Crippen LogP contribution < -0.4 is 5.32 Å². The summed E-state index contributed by atoms with van der Waals surface area (Å²) in [6.07, 6.45) is 1.78. The van der Waals surface area contributed by atoms with Crippen molar-refractivity contribution < 1.29 is 14.3 Å². The number of rotatable bonds is 2. The summed E-state index contributed by atoms with van der Waals surface area (Å²) in [6.45, 7) is 6.45. The van der Waals surface area contributed by atoms with Crippen LogP contribution in [0.3, 0.4) is 0 Å². The Kier molecular flexibility index (Phi) is 5.73. The van der Waals surface area contributed by atoms with E-state index in [9.17, 15) is 9.59 Å². The number of thiazole rings is 1. The molecule has 0 radical (unpaired) electrons. The van der Waals surface area contributed by atoms with E-state index >= 15 is 0 Å². The summed E-state index contributed by atoms with van der Waals surface area (Å²) >= 11 is 10.6. The predicted octanol–water partition coefficient (Wildman–Crippen LogP) is 4.50. The van der Waals surface area contributed by atoms with Crippen molar-refractivity contribution in [2.45, 2.75) is 39.3 Å². The topological polar surface area (TPSA) is 84.4 Å². The first-order valence-corrected chi connectivity index (χ1v) is 10.2. The molecule has 27 heavy (non-hydrogen) atoms. The van der Waals surface area contributed by atoms with Gasteiger partial charge in [-0.15, -0.1) is 0 Å². The van der Waals surface area contributed by atoms with E-state index in [0.717, 1.165) is 10.6 Å². The normalized spacial score (nSPS) is 13.9. The van der Waals surface area contributed by atoms with Crippen LogP contribution in [0.15, 0.2) is 16.7 Å². The van der Waals surface area contributed by atoms with Gasteiger partial charge in [0.05, 0.1) is 17.8 Å². The first kappa shape index (κ1) is 20.0. The van der Waals surface area contributed by atoms with E-state index in [2.05, 4.69) is 31.2 Å². The number of halogens is 2. The molecule has 0 atom stereocenters. The van der Waals surface area contributed by atoms with E-state index in [4.69, 9.17) is 16.3 Å². The zero-order valence-corrected chi connectivity index (χ0v) is 18.2. The van der Waals surface area contributed by atoms with Crippen molar-refractivity contribution in [2.75, 3.05) is 11.9 Å². The molecule has 0 saturated heterocycles. The maximum absolute atomic E-state index is 12.5. The zero-order valence-electron chi connectivity index (χ0n) is 15.0. The second-order valence-corrected chi connectivity index (χ2v) is 9.34. The van der Waals surface area contributed by atoms with Crippen molar-refractivity contribution in [1.82, 2.24) is 14.9 Å². The monoisotopic (exact) mass is 472 g/mol. The van der Waals surface area contributed by atoms with E-state index in [-0.39, 0.29) is 22.7 Å². The number of ether oxygens (including phenoxy) is 1. The molecule has 1 aliphatic heterocycles. The first-order valence-electron chi connectivity index (χ1n) is 8.21. The van der Waals surface area contributed by atoms with Gasteiger partial charge in [-0.2, -0.15) is 0 Å². The number of pyridine rings is 1. The summed E-state index contributed by atoms with van der Waals surface area (Å²) in [5.41, 5.74) is 0.602. The van der Waals surface area contributed by atoms with E-state index in [1.54, 1.807) is 11.0 Å². The van der Waals surface area contributed by atoms with E-state index in [0.29, 0.717) is 29.1 Å². The SMILES string of the molecule is CC(C)(C)OC(=O)N1CCc2nc(NC(=O)c3cc(Br)cnc3Cl)sc2C1. The van der Waals surface area contributed by atoms with Crippen LogP contribution in [-0.2, 0) is 17.7 Å². The fraction of sp³-hybridized carbons (Fsp3) is 0.412. The minimum atomic E-state index is -0.540. The molecule has 0 bridgehead atoms. The Morgan fingerprint density at radius 1 is 1.41 bits per heavy atom. The Morgan fingerprint density at radius 2 is 2.15 bits per heavy atom. The molecule has 0 spiro atoms. The van der Waals surface area contributed by atoms with Crippen LogP contribution in [0.2, 0.25) is 5.15 Å². The number of fused-ring (bicyclic) bond motifs is 1. The minimum absolute atomic E-state index is 0.119. The van der Waals surface area contributed by atoms with Crippen molar-refractivity contribution in [3.8, 4) is 0 Å². The van der Waals surface area contributed by atoms with Gasteiger partial charge in [0, 0.05) is 28.5 Å². The highest BCUT2D eigenvalue weighted by molar-refractivity contribution is 9.10. The highest BCUT2D eigenvalue weighted by Crippen LogP contribution is 2.30. The molecule has 7 nitrogen and oxygen atoms in total. The van der Waals surface area contributed by atoms with Gasteiger partial charge >= 0.3 is 6.09 Å². The fourth-order valence-electron chi connectivity index (χ4n) is 2.48. The molecule has 2 amide bonds. The molecule has 2 aromatic heterocycles. The second-order valence-electron chi connectivity index (χ2n) is 6.99. The van der Waals surface area contributed by atoms with Crippen molar-refractivity contribution in [3.05, 3.63) is 38.0 Å². The molecule has 0 fully saturated rings. The summed E-state index contributed by atoms with van der Waals surface area (Å²) in [5, 5.41) is 3.34. The third kappa shape index (κ3) is 4.97. The lowest BCUT2D eigenvalue weighted by molar-refractivity contribution is 0.0225. The fourth-order valence-corrected chi connectivity index (χ4v) is 4.02. The third-order valence-electron chi connectivity index (χ3n) is 3.65. The number of nitrogens with one attached hydrogen (secondary N) is 1. The van der Waals surface area contributed by atoms with Crippen LogP contribution in [0.4, 0.5) is 9.93 Å². The molecular formula is C17H18BrClN4O3S. The Morgan fingerprint density at radius 3 is 2.85 bits per heavy atom. The Hall–Kier alpha value is -1.71. The average molecular weight is 474 g/mol. The summed E-state index contributed by atoms with van der Waals surface area (Å²) in [5.74, 6) is -0.385. The summed E-state index contributed by atoms with van der Waals surface area (Å²) < 4.78 is 6.08. The van der Waals surface area contributed by atoms with E-state index in [1.165, 1.54) is 17.5 Å². The second kappa shape index (κ2) is 7.73. The molecule has 3 rings (SSSR count). The smallest absolute Gasteiger partial charge is 0.410 e. The first-order chi connectivity index (χ1) is 12.6. The average Bonchev–Trinajstić information content (AvgIpc) is 2.96. The van der Waals surface area contributed by atoms with Gasteiger partial charge in [0.15, 0.2) is 5.13 Å².